The summed E-state index contributed by atoms with van der Waals surface area (Å²) < 4.78 is 5.94. The van der Waals surface area contributed by atoms with E-state index in [1.165, 1.54) is 0 Å². The van der Waals surface area contributed by atoms with E-state index in [1.54, 1.807) is 12.1 Å². The first-order chi connectivity index (χ1) is 14.0. The molecule has 154 valence electrons. The summed E-state index contributed by atoms with van der Waals surface area (Å²) in [6, 6.07) is 12.9. The number of likely N-dealkylation sites (N-methyl/N-ethyl adjacent to an activating group) is 1. The number of ether oxygens (including phenoxy) is 1. The van der Waals surface area contributed by atoms with Crippen LogP contribution < -0.4 is 5.73 Å². The van der Waals surface area contributed by atoms with Crippen LogP contribution in [0.1, 0.15) is 36.0 Å². The van der Waals surface area contributed by atoms with Crippen molar-refractivity contribution >= 4 is 11.8 Å². The molecular weight excluding hydrogens is 368 g/mol. The van der Waals surface area contributed by atoms with Crippen LogP contribution in [-0.4, -0.2) is 65.9 Å². The van der Waals surface area contributed by atoms with Crippen LogP contribution in [0.4, 0.5) is 0 Å². The molecule has 0 spiro atoms. The van der Waals surface area contributed by atoms with E-state index in [4.69, 9.17) is 15.5 Å². The van der Waals surface area contributed by atoms with Crippen LogP contribution in [0.15, 0.2) is 42.5 Å². The Balaban J connectivity index is 1.71. The number of carbonyl (C=O) groups excluding carboxylic acids is 2. The van der Waals surface area contributed by atoms with E-state index in [1.807, 2.05) is 49.1 Å². The van der Waals surface area contributed by atoms with Crippen molar-refractivity contribution in [1.29, 1.82) is 0 Å². The van der Waals surface area contributed by atoms with Crippen LogP contribution in [0.5, 0.6) is 0 Å². The van der Waals surface area contributed by atoms with Gasteiger partial charge in [-0.1, -0.05) is 18.2 Å². The molecule has 1 fully saturated rings. The van der Waals surface area contributed by atoms with Crippen LogP contribution >= 0.6 is 0 Å². The van der Waals surface area contributed by atoms with E-state index < -0.39 is 5.91 Å². The van der Waals surface area contributed by atoms with Gasteiger partial charge in [0.05, 0.1) is 24.5 Å². The standard InChI is InChI=1S/C22H28N4O3/c1-3-26(4-2)21(27)15-25-12-13-29-20(14-25)19-7-5-6-18(24-19)16-8-10-17(11-9-16)22(23)28/h5-11,20H,3-4,12-15H2,1-2H3,(H2,23,28)/t20-/m1/s1. The Morgan fingerprint density at radius 1 is 1.17 bits per heavy atom. The van der Waals surface area contributed by atoms with Gasteiger partial charge in [0.1, 0.15) is 6.10 Å². The molecule has 2 heterocycles. The number of morpholine rings is 1. The van der Waals surface area contributed by atoms with Gasteiger partial charge in [-0.15, -0.1) is 0 Å². The van der Waals surface area contributed by atoms with Crippen molar-refractivity contribution < 1.29 is 14.3 Å². The van der Waals surface area contributed by atoms with E-state index in [2.05, 4.69) is 4.90 Å². The zero-order chi connectivity index (χ0) is 20.8. The van der Waals surface area contributed by atoms with Gasteiger partial charge >= 0.3 is 0 Å². The number of benzene rings is 1. The Labute approximate surface area is 171 Å². The number of amides is 2. The fraction of sp³-hybridized carbons (Fsp3) is 0.409. The highest BCUT2D eigenvalue weighted by atomic mass is 16.5. The molecule has 1 atom stereocenters. The highest BCUT2D eigenvalue weighted by Crippen LogP contribution is 2.24. The summed E-state index contributed by atoms with van der Waals surface area (Å²) in [4.78, 5) is 32.4. The van der Waals surface area contributed by atoms with Gasteiger partial charge in [-0.25, -0.2) is 0 Å². The van der Waals surface area contributed by atoms with Crippen LogP contribution in [0.2, 0.25) is 0 Å². The fourth-order valence-corrected chi connectivity index (χ4v) is 3.49. The second-order valence-electron chi connectivity index (χ2n) is 7.05. The van der Waals surface area contributed by atoms with E-state index in [0.717, 1.165) is 36.6 Å². The van der Waals surface area contributed by atoms with E-state index in [9.17, 15) is 9.59 Å². The summed E-state index contributed by atoms with van der Waals surface area (Å²) in [5, 5.41) is 0. The van der Waals surface area contributed by atoms with Crippen molar-refractivity contribution in [1.82, 2.24) is 14.8 Å². The average molecular weight is 396 g/mol. The maximum Gasteiger partial charge on any atom is 0.248 e. The van der Waals surface area contributed by atoms with Gasteiger partial charge < -0.3 is 15.4 Å². The van der Waals surface area contributed by atoms with Gasteiger partial charge in [0, 0.05) is 37.3 Å². The van der Waals surface area contributed by atoms with Crippen molar-refractivity contribution in [3.63, 3.8) is 0 Å². The molecule has 3 rings (SSSR count). The third-order valence-electron chi connectivity index (χ3n) is 5.19. The number of nitrogens with zero attached hydrogens (tertiary/aromatic N) is 3. The maximum absolute atomic E-state index is 12.4. The Kier molecular flexibility index (Phi) is 6.95. The number of carbonyl (C=O) groups is 2. The minimum absolute atomic E-state index is 0.145. The minimum Gasteiger partial charge on any atom is -0.369 e. The van der Waals surface area contributed by atoms with Crippen LogP contribution in [0.3, 0.4) is 0 Å². The molecule has 0 aliphatic carbocycles. The number of hydrogen-bond acceptors (Lipinski definition) is 5. The molecule has 1 aromatic carbocycles. The normalized spacial score (nSPS) is 17.1. The zero-order valence-electron chi connectivity index (χ0n) is 17.0. The van der Waals surface area contributed by atoms with Gasteiger partial charge in [-0.3, -0.25) is 19.5 Å². The lowest BCUT2D eigenvalue weighted by atomic mass is 10.1. The second-order valence-corrected chi connectivity index (χ2v) is 7.05. The highest BCUT2D eigenvalue weighted by molar-refractivity contribution is 5.93. The fourth-order valence-electron chi connectivity index (χ4n) is 3.49. The molecule has 1 aromatic heterocycles. The molecule has 0 radical (unpaired) electrons. The molecule has 29 heavy (non-hydrogen) atoms. The Hall–Kier alpha value is -2.77. The number of hydrogen-bond donors (Lipinski definition) is 1. The van der Waals surface area contributed by atoms with E-state index in [0.29, 0.717) is 25.3 Å². The van der Waals surface area contributed by atoms with Crippen LogP contribution in [0, 0.1) is 0 Å². The molecule has 2 amide bonds. The van der Waals surface area contributed by atoms with Crippen molar-refractivity contribution in [2.45, 2.75) is 20.0 Å². The molecule has 1 aliphatic heterocycles. The molecule has 7 nitrogen and oxygen atoms in total. The molecule has 1 saturated heterocycles. The Morgan fingerprint density at radius 2 is 1.90 bits per heavy atom. The zero-order valence-corrected chi connectivity index (χ0v) is 17.0. The molecule has 2 N–H and O–H groups in total. The second kappa shape index (κ2) is 9.62. The summed E-state index contributed by atoms with van der Waals surface area (Å²) in [6.45, 7) is 7.76. The number of primary amides is 1. The maximum atomic E-state index is 12.4. The predicted octanol–water partition coefficient (Wildman–Crippen LogP) is 2.09. The molecule has 7 heteroatoms. The number of rotatable bonds is 7. The molecule has 2 aromatic rings. The van der Waals surface area contributed by atoms with Crippen molar-refractivity contribution in [2.24, 2.45) is 5.73 Å². The number of nitrogens with two attached hydrogens (primary N) is 1. The summed E-state index contributed by atoms with van der Waals surface area (Å²) in [6.07, 6.45) is -0.182. The topological polar surface area (TPSA) is 88.8 Å². The van der Waals surface area contributed by atoms with Gasteiger partial charge in [-0.05, 0) is 38.1 Å². The summed E-state index contributed by atoms with van der Waals surface area (Å²) in [5.41, 5.74) is 8.31. The molecule has 0 bridgehead atoms. The third-order valence-corrected chi connectivity index (χ3v) is 5.19. The highest BCUT2D eigenvalue weighted by Gasteiger charge is 2.25. The van der Waals surface area contributed by atoms with Gasteiger partial charge in [0.25, 0.3) is 0 Å². The van der Waals surface area contributed by atoms with Gasteiger partial charge in [-0.2, -0.15) is 0 Å². The largest absolute Gasteiger partial charge is 0.369 e. The first kappa shape index (κ1) is 21.0. The summed E-state index contributed by atoms with van der Waals surface area (Å²) in [7, 11) is 0. The average Bonchev–Trinajstić information content (AvgIpc) is 2.75. The lowest BCUT2D eigenvalue weighted by Gasteiger charge is -2.33. The van der Waals surface area contributed by atoms with Crippen molar-refractivity contribution in [3.8, 4) is 11.3 Å². The van der Waals surface area contributed by atoms with E-state index in [-0.39, 0.29) is 12.0 Å². The smallest absolute Gasteiger partial charge is 0.248 e. The van der Waals surface area contributed by atoms with Crippen molar-refractivity contribution in [2.75, 3.05) is 39.3 Å². The van der Waals surface area contributed by atoms with Crippen LogP contribution in [0.25, 0.3) is 11.3 Å². The molecule has 0 saturated carbocycles. The number of pyridine rings is 1. The van der Waals surface area contributed by atoms with E-state index >= 15 is 0 Å². The van der Waals surface area contributed by atoms with Crippen molar-refractivity contribution in [3.05, 3.63) is 53.7 Å². The monoisotopic (exact) mass is 396 g/mol. The minimum atomic E-state index is -0.451. The SMILES string of the molecule is CCN(CC)C(=O)CN1CCO[C@@H](c2cccc(-c3ccc(C(N)=O)cc3)n2)C1. The lowest BCUT2D eigenvalue weighted by molar-refractivity contribution is -0.134. The Bertz CT molecular complexity index is 849. The Morgan fingerprint density at radius 3 is 2.55 bits per heavy atom. The molecule has 0 unspecified atom stereocenters. The quantitative estimate of drug-likeness (QED) is 0.774. The summed E-state index contributed by atoms with van der Waals surface area (Å²) in [5.74, 6) is -0.305. The lowest BCUT2D eigenvalue weighted by Crippen LogP contribution is -2.45. The van der Waals surface area contributed by atoms with Gasteiger partial charge in [0.15, 0.2) is 0 Å². The third kappa shape index (κ3) is 5.19. The number of aromatic nitrogens is 1. The summed E-state index contributed by atoms with van der Waals surface area (Å²) >= 11 is 0. The first-order valence-electron chi connectivity index (χ1n) is 10.0. The molecular formula is C22H28N4O3. The van der Waals surface area contributed by atoms with Gasteiger partial charge in [0.2, 0.25) is 11.8 Å². The first-order valence-corrected chi connectivity index (χ1v) is 10.0. The molecule has 1 aliphatic rings. The van der Waals surface area contributed by atoms with Crippen LogP contribution in [-0.2, 0) is 9.53 Å². The predicted molar refractivity (Wildman–Crippen MR) is 111 cm³/mol.